The minimum Gasteiger partial charge on any atom is -1.00 e. The average molecular weight is 262 g/mol. The quantitative estimate of drug-likeness (QED) is 0.683. The maximum Gasteiger partial charge on any atom is 2.00 e. The summed E-state index contributed by atoms with van der Waals surface area (Å²) in [5, 5.41) is 8.95. The fraction of sp³-hybridized carbons (Fsp3) is 0.909. The summed E-state index contributed by atoms with van der Waals surface area (Å²) in [7, 11) is -0.845. The van der Waals surface area contributed by atoms with Gasteiger partial charge in [0.1, 0.15) is 0 Å². The monoisotopic (exact) mass is 262 g/mol. The summed E-state index contributed by atoms with van der Waals surface area (Å²) in [4.78, 5) is 10.9. The predicted molar refractivity (Wildman–Crippen MR) is 73.5 cm³/mol. The number of rotatable bonds is 8. The molecule has 0 spiro atoms. The molecule has 0 aromatic heterocycles. The van der Waals surface area contributed by atoms with E-state index in [1.807, 2.05) is 0 Å². The molecule has 0 aliphatic carbocycles. The number of aliphatic carboxylic acids is 1. The number of hydrogen-bond acceptors (Lipinski definition) is 1. The summed E-state index contributed by atoms with van der Waals surface area (Å²) in [6.07, 6.45) is 3.38. The largest absolute Gasteiger partial charge is 2.00 e. The van der Waals surface area contributed by atoms with Crippen molar-refractivity contribution in [2.24, 2.45) is 0 Å². The Morgan fingerprint density at radius 2 is 1.40 bits per heavy atom. The van der Waals surface area contributed by atoms with E-state index in [0.29, 0.717) is 5.75 Å². The molecule has 0 saturated heterocycles. The molecule has 4 heteroatoms. The van der Waals surface area contributed by atoms with Gasteiger partial charge in [-0.15, -0.1) is 0 Å². The van der Waals surface area contributed by atoms with Crippen molar-refractivity contribution >= 4 is 53.7 Å². The first kappa shape index (κ1) is 18.4. The third-order valence-electron chi connectivity index (χ3n) is 2.34. The van der Waals surface area contributed by atoms with Crippen LogP contribution in [0.15, 0.2) is 0 Å². The van der Waals surface area contributed by atoms with Crippen LogP contribution < -0.4 is 0 Å². The Bertz CT molecular complexity index is 166. The van der Waals surface area contributed by atoms with Gasteiger partial charge < -0.3 is 7.96 Å². The molecule has 0 amide bonds. The first-order valence-corrected chi connectivity index (χ1v) is 7.87. The van der Waals surface area contributed by atoms with Crippen molar-refractivity contribution in [3.05, 3.63) is 0 Å². The van der Waals surface area contributed by atoms with Crippen LogP contribution in [0.3, 0.4) is 0 Å². The SMILES string of the molecule is CCCS(CCC)(CCC)CC(=O)O.[Ca+2].[H-].[H-]. The standard InChI is InChI=1S/C11H24O2S.Ca.2H/c1-4-7-14(8-5-2,9-6-3)10-11(12)13;;;/h4-10H2,1-3H3,(H,12,13);;;/q;+2;2*-1. The van der Waals surface area contributed by atoms with E-state index in [9.17, 15) is 4.79 Å². The van der Waals surface area contributed by atoms with Gasteiger partial charge in [-0.25, -0.2) is 10.0 Å². The molecule has 0 atom stereocenters. The van der Waals surface area contributed by atoms with Crippen molar-refractivity contribution in [2.75, 3.05) is 23.0 Å². The maximum atomic E-state index is 10.9. The molecule has 90 valence electrons. The second-order valence-corrected chi connectivity index (χ2v) is 7.84. The van der Waals surface area contributed by atoms with Gasteiger partial charge in [-0.3, -0.25) is 4.79 Å². The molecule has 0 unspecified atom stereocenters. The van der Waals surface area contributed by atoms with E-state index in [2.05, 4.69) is 20.8 Å². The second kappa shape index (κ2) is 10.2. The van der Waals surface area contributed by atoms with Crippen molar-refractivity contribution < 1.29 is 12.8 Å². The molecule has 0 fully saturated rings. The Labute approximate surface area is 128 Å². The van der Waals surface area contributed by atoms with E-state index < -0.39 is 16.0 Å². The molecule has 0 aliphatic heterocycles. The first-order chi connectivity index (χ1) is 6.60. The fourth-order valence-corrected chi connectivity index (χ4v) is 6.25. The molecular formula is C11H26CaO2S. The average Bonchev–Trinajstić information content (AvgIpc) is 2.03. The zero-order valence-electron chi connectivity index (χ0n) is 12.4. The Balaban J connectivity index is -0.000000282. The van der Waals surface area contributed by atoms with Gasteiger partial charge in [-0.1, -0.05) is 20.8 Å². The zero-order valence-corrected chi connectivity index (χ0v) is 13.4. The van der Waals surface area contributed by atoms with Crippen LogP contribution in [0.2, 0.25) is 0 Å². The summed E-state index contributed by atoms with van der Waals surface area (Å²) >= 11 is 0. The summed E-state index contributed by atoms with van der Waals surface area (Å²) in [5.41, 5.74) is 0. The summed E-state index contributed by atoms with van der Waals surface area (Å²) < 4.78 is 0. The van der Waals surface area contributed by atoms with Gasteiger partial charge in [0, 0.05) is 0 Å². The molecule has 1 N–H and O–H groups in total. The van der Waals surface area contributed by atoms with Gasteiger partial charge >= 0.3 is 43.7 Å². The van der Waals surface area contributed by atoms with Crippen LogP contribution in [0.4, 0.5) is 0 Å². The Morgan fingerprint density at radius 1 is 1.07 bits per heavy atom. The van der Waals surface area contributed by atoms with E-state index in [0.717, 1.165) is 36.5 Å². The van der Waals surface area contributed by atoms with E-state index in [1.54, 1.807) is 0 Å². The first-order valence-electron chi connectivity index (χ1n) is 5.56. The number of carboxylic acid groups (broad SMARTS) is 1. The molecule has 2 nitrogen and oxygen atoms in total. The topological polar surface area (TPSA) is 37.3 Å². The Kier molecular flexibility index (Phi) is 12.6. The van der Waals surface area contributed by atoms with Gasteiger partial charge in [0.15, 0.2) is 0 Å². The van der Waals surface area contributed by atoms with Gasteiger partial charge in [-0.2, -0.15) is 0 Å². The molecule has 15 heavy (non-hydrogen) atoms. The van der Waals surface area contributed by atoms with Gasteiger partial charge in [0.2, 0.25) is 0 Å². The third-order valence-corrected chi connectivity index (χ3v) is 7.02. The van der Waals surface area contributed by atoms with Crippen molar-refractivity contribution in [2.45, 2.75) is 40.0 Å². The van der Waals surface area contributed by atoms with E-state index in [4.69, 9.17) is 5.11 Å². The van der Waals surface area contributed by atoms with Crippen molar-refractivity contribution in [1.29, 1.82) is 0 Å². The Hall–Kier alpha value is 1.08. The number of carbonyl (C=O) groups is 1. The van der Waals surface area contributed by atoms with Crippen LogP contribution in [0.5, 0.6) is 0 Å². The Morgan fingerprint density at radius 3 is 1.60 bits per heavy atom. The zero-order chi connectivity index (χ0) is 11.0. The van der Waals surface area contributed by atoms with Crippen molar-refractivity contribution in [3.8, 4) is 0 Å². The second-order valence-electron chi connectivity index (χ2n) is 3.88. The third kappa shape index (κ3) is 7.89. The molecule has 0 aliphatic rings. The molecule has 0 heterocycles. The van der Waals surface area contributed by atoms with Crippen LogP contribution >= 0.6 is 10.0 Å². The van der Waals surface area contributed by atoms with E-state index >= 15 is 0 Å². The molecule has 0 rings (SSSR count). The van der Waals surface area contributed by atoms with E-state index in [-0.39, 0.29) is 40.6 Å². The van der Waals surface area contributed by atoms with Crippen LogP contribution in [-0.2, 0) is 4.79 Å². The molecule has 0 saturated carbocycles. The minimum absolute atomic E-state index is 0. The van der Waals surface area contributed by atoms with Crippen LogP contribution in [0.25, 0.3) is 0 Å². The van der Waals surface area contributed by atoms with Crippen molar-refractivity contribution in [1.82, 2.24) is 0 Å². The molecule has 0 radical (unpaired) electrons. The summed E-state index contributed by atoms with van der Waals surface area (Å²) in [5.74, 6) is 3.25. The fourth-order valence-electron chi connectivity index (χ4n) is 2.08. The number of carboxylic acids is 1. The molecular weight excluding hydrogens is 236 g/mol. The van der Waals surface area contributed by atoms with Gasteiger partial charge in [0.05, 0.1) is 5.75 Å². The van der Waals surface area contributed by atoms with Crippen LogP contribution in [0.1, 0.15) is 42.9 Å². The van der Waals surface area contributed by atoms with Crippen LogP contribution in [0, 0.1) is 0 Å². The van der Waals surface area contributed by atoms with Crippen molar-refractivity contribution in [3.63, 3.8) is 0 Å². The minimum atomic E-state index is -0.845. The van der Waals surface area contributed by atoms with Gasteiger partial charge in [0.25, 0.3) is 0 Å². The normalized spacial score (nSPS) is 11.9. The molecule has 0 aromatic carbocycles. The predicted octanol–water partition coefficient (Wildman–Crippen LogP) is 2.95. The summed E-state index contributed by atoms with van der Waals surface area (Å²) in [6, 6.07) is 0. The smallest absolute Gasteiger partial charge is 1.00 e. The van der Waals surface area contributed by atoms with Gasteiger partial charge in [-0.05, 0) is 36.5 Å². The van der Waals surface area contributed by atoms with E-state index in [1.165, 1.54) is 0 Å². The van der Waals surface area contributed by atoms with Crippen LogP contribution in [-0.4, -0.2) is 71.8 Å². The number of hydrogen-bond donors (Lipinski definition) is 1. The molecule has 0 bridgehead atoms. The molecule has 0 aromatic rings. The summed E-state index contributed by atoms with van der Waals surface area (Å²) in [6.45, 7) is 6.48. The maximum absolute atomic E-state index is 10.9.